The van der Waals surface area contributed by atoms with E-state index >= 15 is 0 Å². The summed E-state index contributed by atoms with van der Waals surface area (Å²) >= 11 is 3.21. The van der Waals surface area contributed by atoms with Crippen LogP contribution in [0.25, 0.3) is 5.69 Å². The first-order valence-electron chi connectivity index (χ1n) is 5.68. The van der Waals surface area contributed by atoms with E-state index in [4.69, 9.17) is 0 Å². The summed E-state index contributed by atoms with van der Waals surface area (Å²) in [6, 6.07) is 3.07. The van der Waals surface area contributed by atoms with Crippen molar-refractivity contribution in [3.63, 3.8) is 0 Å². The van der Waals surface area contributed by atoms with Gasteiger partial charge in [-0.15, -0.1) is 0 Å². The molecular weight excluding hydrogens is 318 g/mol. The van der Waals surface area contributed by atoms with Gasteiger partial charge in [0.15, 0.2) is 5.82 Å². The Morgan fingerprint density at radius 1 is 1.26 bits per heavy atom. The lowest BCUT2D eigenvalue weighted by molar-refractivity contribution is 0.548. The monoisotopic (exact) mass is 330 g/mol. The normalized spacial score (nSPS) is 11.9. The van der Waals surface area contributed by atoms with E-state index < -0.39 is 17.2 Å². The number of aromatic amines is 1. The van der Waals surface area contributed by atoms with E-state index in [0.717, 1.165) is 16.8 Å². The first-order chi connectivity index (χ1) is 8.71. The summed E-state index contributed by atoms with van der Waals surface area (Å²) in [6.45, 7) is 5.77. The van der Waals surface area contributed by atoms with E-state index in [1.165, 1.54) is 6.07 Å². The first-order valence-corrected chi connectivity index (χ1v) is 6.47. The molecule has 0 aliphatic rings. The molecule has 0 bridgehead atoms. The summed E-state index contributed by atoms with van der Waals surface area (Å²) in [5.74, 6) is -1.48. The van der Waals surface area contributed by atoms with Gasteiger partial charge in [-0.05, 0) is 28.1 Å². The molecule has 0 spiro atoms. The maximum atomic E-state index is 13.7. The average Bonchev–Trinajstić information content (AvgIpc) is 2.56. The second-order valence-corrected chi connectivity index (χ2v) is 6.08. The van der Waals surface area contributed by atoms with Crippen molar-refractivity contribution in [1.82, 2.24) is 9.78 Å². The third-order valence-electron chi connectivity index (χ3n) is 2.73. The third-order valence-corrected chi connectivity index (χ3v) is 3.47. The summed E-state index contributed by atoms with van der Waals surface area (Å²) in [5, 5.41) is 2.86. The van der Waals surface area contributed by atoms with E-state index in [9.17, 15) is 13.6 Å². The minimum Gasteiger partial charge on any atom is -0.293 e. The topological polar surface area (TPSA) is 37.8 Å². The van der Waals surface area contributed by atoms with Crippen molar-refractivity contribution >= 4 is 15.9 Å². The quantitative estimate of drug-likeness (QED) is 0.853. The number of nitrogens with zero attached hydrogens (tertiary/aromatic N) is 1. The van der Waals surface area contributed by atoms with Crippen LogP contribution < -0.4 is 5.56 Å². The fourth-order valence-corrected chi connectivity index (χ4v) is 2.61. The Labute approximate surface area is 117 Å². The number of benzene rings is 1. The van der Waals surface area contributed by atoms with E-state index in [-0.39, 0.29) is 11.1 Å². The molecule has 0 saturated carbocycles. The molecule has 102 valence electrons. The fourth-order valence-electron chi connectivity index (χ4n) is 1.75. The second kappa shape index (κ2) is 4.59. The summed E-state index contributed by atoms with van der Waals surface area (Å²) in [7, 11) is 0. The van der Waals surface area contributed by atoms with Crippen molar-refractivity contribution in [2.24, 2.45) is 0 Å². The Morgan fingerprint density at radius 3 is 2.37 bits per heavy atom. The van der Waals surface area contributed by atoms with E-state index in [1.807, 2.05) is 20.8 Å². The van der Waals surface area contributed by atoms with Gasteiger partial charge in [0.25, 0.3) is 5.56 Å². The zero-order chi connectivity index (χ0) is 14.4. The number of nitrogens with one attached hydrogen (secondary N) is 1. The van der Waals surface area contributed by atoms with Crippen LogP contribution in [0.3, 0.4) is 0 Å². The van der Waals surface area contributed by atoms with Crippen molar-refractivity contribution in [1.29, 1.82) is 0 Å². The number of halogens is 3. The molecule has 1 N–H and O–H groups in total. The molecule has 6 heteroatoms. The molecule has 3 nitrogen and oxygen atoms in total. The zero-order valence-corrected chi connectivity index (χ0v) is 12.3. The molecule has 0 fully saturated rings. The van der Waals surface area contributed by atoms with Crippen molar-refractivity contribution in [2.45, 2.75) is 26.2 Å². The predicted octanol–water partition coefficient (Wildman–Crippen LogP) is 3.50. The molecule has 2 aromatic rings. The minimum atomic E-state index is -0.795. The average molecular weight is 331 g/mol. The van der Waals surface area contributed by atoms with Crippen LogP contribution in [0.5, 0.6) is 0 Å². The maximum Gasteiger partial charge on any atom is 0.285 e. The lowest BCUT2D eigenvalue weighted by atomic mass is 9.93. The molecule has 1 aromatic heterocycles. The number of H-pyrrole nitrogens is 1. The van der Waals surface area contributed by atoms with Crippen LogP contribution in [-0.2, 0) is 5.41 Å². The van der Waals surface area contributed by atoms with Crippen LogP contribution >= 0.6 is 15.9 Å². The van der Waals surface area contributed by atoms with Gasteiger partial charge in [-0.1, -0.05) is 20.8 Å². The van der Waals surface area contributed by atoms with Gasteiger partial charge in [-0.2, -0.15) is 0 Å². The predicted molar refractivity (Wildman–Crippen MR) is 72.7 cm³/mol. The molecule has 0 radical (unpaired) electrons. The molecule has 1 heterocycles. The van der Waals surface area contributed by atoms with Crippen LogP contribution in [-0.4, -0.2) is 9.78 Å². The summed E-state index contributed by atoms with van der Waals surface area (Å²) in [6.07, 6.45) is 0. The molecule has 19 heavy (non-hydrogen) atoms. The van der Waals surface area contributed by atoms with Crippen molar-refractivity contribution in [3.05, 3.63) is 50.4 Å². The van der Waals surface area contributed by atoms with Crippen molar-refractivity contribution in [2.75, 3.05) is 0 Å². The Hall–Kier alpha value is -1.43. The van der Waals surface area contributed by atoms with Gasteiger partial charge in [0.1, 0.15) is 16.0 Å². The molecule has 0 unspecified atom stereocenters. The molecule has 0 aliphatic carbocycles. The molecule has 1 aromatic carbocycles. The standard InChI is InChI=1S/C13H13BrF2N2O/c1-13(2,3)11-10(14)12(19)18(17-11)9-5-4-7(15)6-8(9)16/h4-6,17H,1-3H3. The lowest BCUT2D eigenvalue weighted by Crippen LogP contribution is -2.16. The smallest absolute Gasteiger partial charge is 0.285 e. The van der Waals surface area contributed by atoms with Gasteiger partial charge < -0.3 is 0 Å². The highest BCUT2D eigenvalue weighted by Crippen LogP contribution is 2.26. The van der Waals surface area contributed by atoms with E-state index in [2.05, 4.69) is 21.0 Å². The van der Waals surface area contributed by atoms with Gasteiger partial charge in [0.05, 0.1) is 5.69 Å². The lowest BCUT2D eigenvalue weighted by Gasteiger charge is -2.16. The Morgan fingerprint density at radius 2 is 1.89 bits per heavy atom. The summed E-state index contributed by atoms with van der Waals surface area (Å²) in [4.78, 5) is 12.1. The zero-order valence-electron chi connectivity index (χ0n) is 10.7. The Balaban J connectivity index is 2.68. The highest BCUT2D eigenvalue weighted by atomic mass is 79.9. The van der Waals surface area contributed by atoms with Crippen molar-refractivity contribution in [3.8, 4) is 5.69 Å². The molecular formula is C13H13BrF2N2O. The van der Waals surface area contributed by atoms with E-state index in [0.29, 0.717) is 10.2 Å². The van der Waals surface area contributed by atoms with Crippen molar-refractivity contribution < 1.29 is 8.78 Å². The maximum absolute atomic E-state index is 13.7. The molecule has 0 amide bonds. The van der Waals surface area contributed by atoms with E-state index in [1.54, 1.807) is 0 Å². The van der Waals surface area contributed by atoms with Gasteiger partial charge in [-0.3, -0.25) is 9.89 Å². The first kappa shape index (κ1) is 14.0. The van der Waals surface area contributed by atoms with Crippen LogP contribution in [0.4, 0.5) is 8.78 Å². The SMILES string of the molecule is CC(C)(C)c1[nH]n(-c2ccc(F)cc2F)c(=O)c1Br. The summed E-state index contributed by atoms with van der Waals surface area (Å²) in [5.41, 5.74) is -0.0704. The molecule has 0 saturated heterocycles. The highest BCUT2D eigenvalue weighted by molar-refractivity contribution is 9.10. The molecule has 0 aliphatic heterocycles. The number of hydrogen-bond acceptors (Lipinski definition) is 1. The molecule has 0 atom stereocenters. The van der Waals surface area contributed by atoms with Crippen LogP contribution in [0.2, 0.25) is 0 Å². The second-order valence-electron chi connectivity index (χ2n) is 5.29. The van der Waals surface area contributed by atoms with Crippen LogP contribution in [0, 0.1) is 11.6 Å². The Bertz CT molecular complexity index is 683. The van der Waals surface area contributed by atoms with Crippen LogP contribution in [0.15, 0.2) is 27.5 Å². The summed E-state index contributed by atoms with van der Waals surface area (Å²) < 4.78 is 28.0. The van der Waals surface area contributed by atoms with Gasteiger partial charge in [0, 0.05) is 11.5 Å². The Kier molecular flexibility index (Phi) is 3.38. The van der Waals surface area contributed by atoms with Gasteiger partial charge in [-0.25, -0.2) is 13.5 Å². The third kappa shape index (κ3) is 2.49. The number of aromatic nitrogens is 2. The minimum absolute atomic E-state index is 0.0115. The number of hydrogen-bond donors (Lipinski definition) is 1. The van der Waals surface area contributed by atoms with Crippen LogP contribution in [0.1, 0.15) is 26.5 Å². The number of rotatable bonds is 1. The van der Waals surface area contributed by atoms with Gasteiger partial charge in [0.2, 0.25) is 0 Å². The van der Waals surface area contributed by atoms with Gasteiger partial charge >= 0.3 is 0 Å². The fraction of sp³-hybridized carbons (Fsp3) is 0.308. The molecule has 2 rings (SSSR count). The highest BCUT2D eigenvalue weighted by Gasteiger charge is 2.24. The largest absolute Gasteiger partial charge is 0.293 e.